The number of hydrogen-bond acceptors (Lipinski definition) is 3. The standard InChI is InChI=1S/C16H24N2O/c1-13(16(19)14-8-5-4-6-9-14)18-11-7-10-15(12-18)17(2)3/h4-6,8-9,13,15H,7,10-12H2,1-3H3. The first-order valence-corrected chi connectivity index (χ1v) is 7.09. The van der Waals surface area contributed by atoms with Gasteiger partial charge in [-0.25, -0.2) is 0 Å². The van der Waals surface area contributed by atoms with Crippen molar-refractivity contribution in [2.24, 2.45) is 0 Å². The number of ketones is 1. The molecule has 2 rings (SSSR count). The van der Waals surface area contributed by atoms with Gasteiger partial charge in [-0.3, -0.25) is 9.69 Å². The van der Waals surface area contributed by atoms with E-state index in [2.05, 4.69) is 23.9 Å². The molecule has 0 amide bonds. The third-order valence-electron chi connectivity index (χ3n) is 4.14. The molecule has 2 atom stereocenters. The fourth-order valence-corrected chi connectivity index (χ4v) is 2.77. The van der Waals surface area contributed by atoms with Crippen molar-refractivity contribution in [2.75, 3.05) is 27.2 Å². The van der Waals surface area contributed by atoms with E-state index in [0.29, 0.717) is 6.04 Å². The highest BCUT2D eigenvalue weighted by Crippen LogP contribution is 2.18. The van der Waals surface area contributed by atoms with E-state index < -0.39 is 0 Å². The van der Waals surface area contributed by atoms with Crippen molar-refractivity contribution in [2.45, 2.75) is 31.8 Å². The van der Waals surface area contributed by atoms with Gasteiger partial charge in [0.25, 0.3) is 0 Å². The average Bonchev–Trinajstić information content (AvgIpc) is 2.46. The molecule has 0 saturated carbocycles. The van der Waals surface area contributed by atoms with E-state index in [1.54, 1.807) is 0 Å². The van der Waals surface area contributed by atoms with E-state index in [4.69, 9.17) is 0 Å². The first kappa shape index (κ1) is 14.2. The summed E-state index contributed by atoms with van der Waals surface area (Å²) >= 11 is 0. The van der Waals surface area contributed by atoms with Gasteiger partial charge in [0.15, 0.2) is 5.78 Å². The molecule has 104 valence electrons. The molecule has 1 aromatic carbocycles. The molecule has 1 aliphatic rings. The molecule has 1 heterocycles. The minimum Gasteiger partial charge on any atom is -0.305 e. The first-order chi connectivity index (χ1) is 9.09. The van der Waals surface area contributed by atoms with Gasteiger partial charge in [0, 0.05) is 18.2 Å². The Labute approximate surface area is 116 Å². The van der Waals surface area contributed by atoms with Gasteiger partial charge in [-0.05, 0) is 40.4 Å². The van der Waals surface area contributed by atoms with Gasteiger partial charge in [0.2, 0.25) is 0 Å². The summed E-state index contributed by atoms with van der Waals surface area (Å²) in [6, 6.07) is 10.2. The van der Waals surface area contributed by atoms with Gasteiger partial charge in [0.1, 0.15) is 0 Å². The van der Waals surface area contributed by atoms with Gasteiger partial charge in [-0.1, -0.05) is 30.3 Å². The molecule has 3 nitrogen and oxygen atoms in total. The molecule has 0 spiro atoms. The molecule has 19 heavy (non-hydrogen) atoms. The van der Waals surface area contributed by atoms with Crippen molar-refractivity contribution in [3.8, 4) is 0 Å². The van der Waals surface area contributed by atoms with E-state index in [1.807, 2.05) is 37.3 Å². The number of likely N-dealkylation sites (N-methyl/N-ethyl adjacent to an activating group) is 1. The van der Waals surface area contributed by atoms with Crippen LogP contribution < -0.4 is 0 Å². The highest BCUT2D eigenvalue weighted by atomic mass is 16.1. The molecule has 0 radical (unpaired) electrons. The smallest absolute Gasteiger partial charge is 0.179 e. The fourth-order valence-electron chi connectivity index (χ4n) is 2.77. The summed E-state index contributed by atoms with van der Waals surface area (Å²) < 4.78 is 0. The fraction of sp³-hybridized carbons (Fsp3) is 0.562. The second kappa shape index (κ2) is 6.31. The number of piperidine rings is 1. The van der Waals surface area contributed by atoms with Crippen LogP contribution >= 0.6 is 0 Å². The predicted molar refractivity (Wildman–Crippen MR) is 78.5 cm³/mol. The summed E-state index contributed by atoms with van der Waals surface area (Å²) in [5.41, 5.74) is 0.821. The molecular formula is C16H24N2O. The van der Waals surface area contributed by atoms with Crippen LogP contribution in [-0.2, 0) is 0 Å². The maximum atomic E-state index is 12.5. The van der Waals surface area contributed by atoms with Crippen molar-refractivity contribution >= 4 is 5.78 Å². The van der Waals surface area contributed by atoms with E-state index in [0.717, 1.165) is 18.7 Å². The van der Waals surface area contributed by atoms with Crippen LogP contribution in [0.5, 0.6) is 0 Å². The Morgan fingerprint density at radius 3 is 2.63 bits per heavy atom. The van der Waals surface area contributed by atoms with Gasteiger partial charge in [-0.2, -0.15) is 0 Å². The number of nitrogens with zero attached hydrogens (tertiary/aromatic N) is 2. The number of likely N-dealkylation sites (tertiary alicyclic amines) is 1. The average molecular weight is 260 g/mol. The molecule has 0 bridgehead atoms. The minimum atomic E-state index is -0.0230. The number of carbonyl (C=O) groups excluding carboxylic acids is 1. The van der Waals surface area contributed by atoms with Gasteiger partial charge >= 0.3 is 0 Å². The molecule has 3 heteroatoms. The van der Waals surface area contributed by atoms with Crippen LogP contribution in [0, 0.1) is 0 Å². The number of carbonyl (C=O) groups is 1. The first-order valence-electron chi connectivity index (χ1n) is 7.09. The molecule has 0 aromatic heterocycles. The van der Waals surface area contributed by atoms with Gasteiger partial charge in [0.05, 0.1) is 6.04 Å². The maximum Gasteiger partial charge on any atom is 0.179 e. The number of rotatable bonds is 4. The lowest BCUT2D eigenvalue weighted by atomic mass is 9.99. The molecule has 1 fully saturated rings. The van der Waals surface area contributed by atoms with Crippen LogP contribution in [0.15, 0.2) is 30.3 Å². The van der Waals surface area contributed by atoms with Gasteiger partial charge < -0.3 is 4.90 Å². The molecule has 0 N–H and O–H groups in total. The predicted octanol–water partition coefficient (Wildman–Crippen LogP) is 2.28. The van der Waals surface area contributed by atoms with Crippen molar-refractivity contribution in [1.29, 1.82) is 0 Å². The van der Waals surface area contributed by atoms with Crippen LogP contribution in [0.25, 0.3) is 0 Å². The summed E-state index contributed by atoms with van der Waals surface area (Å²) in [6.45, 7) is 4.06. The lowest BCUT2D eigenvalue weighted by molar-refractivity contribution is 0.0698. The second-order valence-corrected chi connectivity index (χ2v) is 5.66. The van der Waals surface area contributed by atoms with Crippen LogP contribution in [0.1, 0.15) is 30.1 Å². The van der Waals surface area contributed by atoms with E-state index in [9.17, 15) is 4.79 Å². The number of Topliss-reactive ketones (excluding diaryl/α,β-unsaturated/α-hetero) is 1. The van der Waals surface area contributed by atoms with Crippen molar-refractivity contribution in [1.82, 2.24) is 9.80 Å². The third-order valence-corrected chi connectivity index (χ3v) is 4.14. The largest absolute Gasteiger partial charge is 0.305 e. The quantitative estimate of drug-likeness (QED) is 0.776. The lowest BCUT2D eigenvalue weighted by Gasteiger charge is -2.38. The maximum absolute atomic E-state index is 12.5. The minimum absolute atomic E-state index is 0.0230. The zero-order chi connectivity index (χ0) is 13.8. The Balaban J connectivity index is 2.03. The monoisotopic (exact) mass is 260 g/mol. The third kappa shape index (κ3) is 3.43. The Hall–Kier alpha value is -1.19. The van der Waals surface area contributed by atoms with Crippen molar-refractivity contribution < 1.29 is 4.79 Å². The molecule has 1 aromatic rings. The van der Waals surface area contributed by atoms with Crippen molar-refractivity contribution in [3.05, 3.63) is 35.9 Å². The summed E-state index contributed by atoms with van der Waals surface area (Å²) in [5, 5.41) is 0. The van der Waals surface area contributed by atoms with Crippen molar-refractivity contribution in [3.63, 3.8) is 0 Å². The topological polar surface area (TPSA) is 23.6 Å². The number of benzene rings is 1. The summed E-state index contributed by atoms with van der Waals surface area (Å²) in [5.74, 6) is 0.236. The SMILES string of the molecule is CC(C(=O)c1ccccc1)N1CCCC(N(C)C)C1. The van der Waals surface area contributed by atoms with Crippen LogP contribution in [0.4, 0.5) is 0 Å². The Morgan fingerprint density at radius 2 is 2.00 bits per heavy atom. The summed E-state index contributed by atoms with van der Waals surface area (Å²) in [4.78, 5) is 17.1. The summed E-state index contributed by atoms with van der Waals surface area (Å²) in [7, 11) is 4.25. The highest BCUT2D eigenvalue weighted by Gasteiger charge is 2.28. The van der Waals surface area contributed by atoms with Crippen LogP contribution in [-0.4, -0.2) is 54.9 Å². The van der Waals surface area contributed by atoms with E-state index >= 15 is 0 Å². The highest BCUT2D eigenvalue weighted by molar-refractivity contribution is 5.99. The Bertz CT molecular complexity index is 416. The van der Waals surface area contributed by atoms with Crippen LogP contribution in [0.2, 0.25) is 0 Å². The molecule has 0 aliphatic carbocycles. The Morgan fingerprint density at radius 1 is 1.32 bits per heavy atom. The van der Waals surface area contributed by atoms with E-state index in [1.165, 1.54) is 12.8 Å². The molecule has 2 unspecified atom stereocenters. The molecule has 1 aliphatic heterocycles. The number of hydrogen-bond donors (Lipinski definition) is 0. The van der Waals surface area contributed by atoms with E-state index in [-0.39, 0.29) is 11.8 Å². The second-order valence-electron chi connectivity index (χ2n) is 5.66. The summed E-state index contributed by atoms with van der Waals surface area (Å²) in [6.07, 6.45) is 2.41. The normalized spacial score (nSPS) is 22.4. The van der Waals surface area contributed by atoms with Crippen LogP contribution in [0.3, 0.4) is 0 Å². The Kier molecular flexibility index (Phi) is 4.72. The molecule has 1 saturated heterocycles. The zero-order valence-corrected chi connectivity index (χ0v) is 12.2. The van der Waals surface area contributed by atoms with Gasteiger partial charge in [-0.15, -0.1) is 0 Å². The lowest BCUT2D eigenvalue weighted by Crippen LogP contribution is -2.50. The molecular weight excluding hydrogens is 236 g/mol. The zero-order valence-electron chi connectivity index (χ0n) is 12.2.